The van der Waals surface area contributed by atoms with E-state index in [-0.39, 0.29) is 11.3 Å². The first-order valence-electron chi connectivity index (χ1n) is 12.9. The van der Waals surface area contributed by atoms with Gasteiger partial charge in [-0.2, -0.15) is 0 Å². The van der Waals surface area contributed by atoms with E-state index >= 15 is 0 Å². The topological polar surface area (TPSA) is 32.8 Å². The smallest absolute Gasteiger partial charge is 0.246 e. The largest absolute Gasteiger partial charge is 0.492 e. The minimum Gasteiger partial charge on any atom is -0.492 e. The molecule has 0 aliphatic carbocycles. The number of carbonyl (C=O) groups is 1. The van der Waals surface area contributed by atoms with E-state index < -0.39 is 11.6 Å². The van der Waals surface area contributed by atoms with E-state index in [1.807, 2.05) is 17.0 Å². The highest BCUT2D eigenvalue weighted by atomic mass is 35.5. The summed E-state index contributed by atoms with van der Waals surface area (Å²) in [7, 11) is 0. The third-order valence-electron chi connectivity index (χ3n) is 8.34. The Morgan fingerprint density at radius 3 is 2.50 bits per heavy atom. The van der Waals surface area contributed by atoms with Gasteiger partial charge in [0.1, 0.15) is 17.4 Å². The van der Waals surface area contributed by atoms with Gasteiger partial charge in [0.2, 0.25) is 5.91 Å². The molecule has 0 saturated carbocycles. The predicted octanol–water partition coefficient (Wildman–Crippen LogP) is 5.93. The molecular formula is C29H33ClF2N2O2. The molecule has 7 heteroatoms. The number of amides is 1. The normalized spacial score (nSPS) is 21.1. The van der Waals surface area contributed by atoms with E-state index in [9.17, 15) is 13.6 Å². The van der Waals surface area contributed by atoms with E-state index in [0.29, 0.717) is 17.4 Å². The molecule has 0 N–H and O–H groups in total. The van der Waals surface area contributed by atoms with E-state index in [0.717, 1.165) is 81.9 Å². The molecule has 0 radical (unpaired) electrons. The number of fused-ring (bicyclic) bond motifs is 2. The lowest BCUT2D eigenvalue weighted by Gasteiger charge is -2.41. The van der Waals surface area contributed by atoms with Gasteiger partial charge in [-0.05, 0) is 86.5 Å². The highest BCUT2D eigenvalue weighted by Gasteiger charge is 2.43. The van der Waals surface area contributed by atoms with E-state index in [2.05, 4.69) is 17.9 Å². The Balaban J connectivity index is 1.08. The fourth-order valence-corrected chi connectivity index (χ4v) is 6.28. The molecule has 36 heavy (non-hydrogen) atoms. The van der Waals surface area contributed by atoms with Crippen LogP contribution in [0.2, 0.25) is 5.02 Å². The van der Waals surface area contributed by atoms with Crippen LogP contribution >= 0.6 is 11.6 Å². The van der Waals surface area contributed by atoms with Gasteiger partial charge in [-0.1, -0.05) is 24.6 Å². The summed E-state index contributed by atoms with van der Waals surface area (Å²) in [4.78, 5) is 17.0. The highest BCUT2D eigenvalue weighted by Crippen LogP contribution is 2.46. The first-order chi connectivity index (χ1) is 17.3. The molecule has 1 atom stereocenters. The number of halogens is 3. The third kappa shape index (κ3) is 5.45. The molecule has 1 amide bonds. The number of nitrogens with zero attached hydrogens (tertiary/aromatic N) is 2. The molecular weight excluding hydrogens is 482 g/mol. The Morgan fingerprint density at radius 2 is 1.81 bits per heavy atom. The van der Waals surface area contributed by atoms with Crippen LogP contribution in [-0.2, 0) is 10.2 Å². The van der Waals surface area contributed by atoms with Gasteiger partial charge < -0.3 is 14.5 Å². The van der Waals surface area contributed by atoms with Crippen molar-refractivity contribution in [2.45, 2.75) is 38.0 Å². The van der Waals surface area contributed by atoms with Crippen LogP contribution in [0, 0.1) is 23.5 Å². The summed E-state index contributed by atoms with van der Waals surface area (Å²) in [6.45, 7) is 7.73. The van der Waals surface area contributed by atoms with Crippen molar-refractivity contribution in [1.29, 1.82) is 0 Å². The van der Waals surface area contributed by atoms with Crippen molar-refractivity contribution >= 4 is 23.6 Å². The third-order valence-corrected chi connectivity index (χ3v) is 8.57. The van der Waals surface area contributed by atoms with Crippen LogP contribution in [0.25, 0.3) is 6.08 Å². The number of hydrogen-bond acceptors (Lipinski definition) is 3. The van der Waals surface area contributed by atoms with Crippen molar-refractivity contribution in [1.82, 2.24) is 9.80 Å². The summed E-state index contributed by atoms with van der Waals surface area (Å²) < 4.78 is 32.7. The lowest BCUT2D eigenvalue weighted by Crippen LogP contribution is -2.46. The van der Waals surface area contributed by atoms with Crippen LogP contribution in [0.5, 0.6) is 5.75 Å². The van der Waals surface area contributed by atoms with Gasteiger partial charge in [-0.15, -0.1) is 0 Å². The van der Waals surface area contributed by atoms with Gasteiger partial charge in [0.15, 0.2) is 0 Å². The van der Waals surface area contributed by atoms with E-state index in [1.165, 1.54) is 29.8 Å². The number of carbonyl (C=O) groups excluding carboxylic acids is 1. The maximum atomic E-state index is 13.4. The van der Waals surface area contributed by atoms with Gasteiger partial charge in [0.25, 0.3) is 0 Å². The highest BCUT2D eigenvalue weighted by molar-refractivity contribution is 6.30. The number of likely N-dealkylation sites (tertiary alicyclic amines) is 2. The number of benzene rings is 2. The zero-order valence-electron chi connectivity index (χ0n) is 20.7. The van der Waals surface area contributed by atoms with Gasteiger partial charge in [-0.3, -0.25) is 4.79 Å². The molecule has 0 bridgehead atoms. The van der Waals surface area contributed by atoms with Crippen molar-refractivity contribution < 1.29 is 18.3 Å². The van der Waals surface area contributed by atoms with Crippen LogP contribution in [0.1, 0.15) is 43.7 Å². The second-order valence-electron chi connectivity index (χ2n) is 10.7. The SMILES string of the molecule is C[C@@H](CN1CCC2(CC1)COc1cc(Cl)ccc12)C1CCN(C(=O)/C=C/c2cc(F)cc(F)c2)CC1. The number of piperidine rings is 2. The van der Waals surface area contributed by atoms with Crippen molar-refractivity contribution in [2.75, 3.05) is 39.3 Å². The minimum atomic E-state index is -0.646. The van der Waals surface area contributed by atoms with Crippen LogP contribution in [0.3, 0.4) is 0 Å². The molecule has 2 aromatic rings. The Kier molecular flexibility index (Phi) is 7.36. The summed E-state index contributed by atoms with van der Waals surface area (Å²) in [6, 6.07) is 9.32. The molecule has 0 aromatic heterocycles. The predicted molar refractivity (Wildman–Crippen MR) is 138 cm³/mol. The maximum absolute atomic E-state index is 13.4. The maximum Gasteiger partial charge on any atom is 0.246 e. The van der Waals surface area contributed by atoms with Crippen molar-refractivity contribution in [2.24, 2.45) is 11.8 Å². The minimum absolute atomic E-state index is 0.104. The molecule has 3 aliphatic rings. The van der Waals surface area contributed by atoms with Gasteiger partial charge >= 0.3 is 0 Å². The quantitative estimate of drug-likeness (QED) is 0.463. The monoisotopic (exact) mass is 514 g/mol. The Morgan fingerprint density at radius 1 is 1.11 bits per heavy atom. The average molecular weight is 515 g/mol. The fourth-order valence-electron chi connectivity index (χ4n) is 6.11. The molecule has 1 spiro atoms. The average Bonchev–Trinajstić information content (AvgIpc) is 3.20. The first kappa shape index (κ1) is 25.2. The lowest BCUT2D eigenvalue weighted by molar-refractivity contribution is -0.127. The zero-order chi connectivity index (χ0) is 25.3. The number of ether oxygens (including phenoxy) is 1. The van der Waals surface area contributed by atoms with Crippen LogP contribution in [-0.4, -0.2) is 55.0 Å². The second kappa shape index (κ2) is 10.5. The first-order valence-corrected chi connectivity index (χ1v) is 13.3. The summed E-state index contributed by atoms with van der Waals surface area (Å²) in [5.41, 5.74) is 1.79. The molecule has 192 valence electrons. The lowest BCUT2D eigenvalue weighted by atomic mass is 9.74. The summed E-state index contributed by atoms with van der Waals surface area (Å²) in [5.74, 6) is 0.701. The second-order valence-corrected chi connectivity index (χ2v) is 11.1. The molecule has 2 saturated heterocycles. The summed E-state index contributed by atoms with van der Waals surface area (Å²) in [6.07, 6.45) is 7.06. The van der Waals surface area contributed by atoms with Gasteiger partial charge in [-0.25, -0.2) is 8.78 Å². The Bertz CT molecular complexity index is 1120. The van der Waals surface area contributed by atoms with Crippen LogP contribution in [0.15, 0.2) is 42.5 Å². The van der Waals surface area contributed by atoms with Gasteiger partial charge in [0, 0.05) is 47.8 Å². The molecule has 3 heterocycles. The van der Waals surface area contributed by atoms with Crippen LogP contribution in [0.4, 0.5) is 8.78 Å². The van der Waals surface area contributed by atoms with E-state index in [1.54, 1.807) is 0 Å². The standard InChI is InChI=1S/C29H33ClF2N2O2/c1-20(18-33-12-8-29(9-13-33)19-36-27-16-23(30)3-4-26(27)29)22-6-10-34(11-7-22)28(35)5-2-21-14-24(31)17-25(32)15-21/h2-5,14-17,20,22H,6-13,18-19H2,1H3/b5-2+/t20-/m0/s1. The zero-order valence-corrected chi connectivity index (χ0v) is 21.4. The fraction of sp³-hybridized carbons (Fsp3) is 0.483. The summed E-state index contributed by atoms with van der Waals surface area (Å²) >= 11 is 6.14. The van der Waals surface area contributed by atoms with Crippen LogP contribution < -0.4 is 4.74 Å². The Hall–Kier alpha value is -2.44. The molecule has 2 fully saturated rings. The van der Waals surface area contributed by atoms with Crippen molar-refractivity contribution in [3.8, 4) is 5.75 Å². The molecule has 5 rings (SSSR count). The van der Waals surface area contributed by atoms with Crippen molar-refractivity contribution in [3.63, 3.8) is 0 Å². The van der Waals surface area contributed by atoms with E-state index in [4.69, 9.17) is 16.3 Å². The van der Waals surface area contributed by atoms with Gasteiger partial charge in [0.05, 0.1) is 6.61 Å². The molecule has 2 aromatic carbocycles. The molecule has 4 nitrogen and oxygen atoms in total. The molecule has 0 unspecified atom stereocenters. The summed E-state index contributed by atoms with van der Waals surface area (Å²) in [5, 5.41) is 0.725. The molecule has 3 aliphatic heterocycles. The number of rotatable bonds is 5. The number of hydrogen-bond donors (Lipinski definition) is 0. The van der Waals surface area contributed by atoms with Crippen molar-refractivity contribution in [3.05, 3.63) is 70.3 Å². The Labute approximate surface area is 216 Å².